The summed E-state index contributed by atoms with van der Waals surface area (Å²) >= 11 is 0. The number of aromatic nitrogens is 5. The molecule has 0 spiro atoms. The van der Waals surface area contributed by atoms with E-state index in [-0.39, 0.29) is 11.6 Å². The fraction of sp³-hybridized carbons (Fsp3) is 0.292. The Bertz CT molecular complexity index is 1260. The molecule has 4 aromatic rings. The quantitative estimate of drug-likeness (QED) is 0.513. The van der Waals surface area contributed by atoms with E-state index in [1.54, 1.807) is 18.2 Å². The highest BCUT2D eigenvalue weighted by Crippen LogP contribution is 2.29. The molecule has 1 aliphatic rings. The number of nitrogens with zero attached hydrogens (tertiary/aromatic N) is 6. The minimum Gasteiger partial charge on any atom is -0.478 e. The van der Waals surface area contributed by atoms with Crippen molar-refractivity contribution >= 4 is 23.0 Å². The minimum atomic E-state index is -0.933. The van der Waals surface area contributed by atoms with Crippen molar-refractivity contribution in [2.24, 2.45) is 0 Å². The molecule has 2 aromatic carbocycles. The van der Waals surface area contributed by atoms with Crippen LogP contribution in [0.25, 0.3) is 22.2 Å². The van der Waals surface area contributed by atoms with Gasteiger partial charge in [0.05, 0.1) is 17.1 Å². The molecule has 0 unspecified atom stereocenters. The molecule has 8 nitrogen and oxygen atoms in total. The molecule has 0 saturated carbocycles. The Hall–Kier alpha value is -3.81. The fourth-order valence-corrected chi connectivity index (χ4v) is 4.23. The van der Waals surface area contributed by atoms with E-state index >= 15 is 0 Å². The number of fused-ring (bicyclic) bond motifs is 1. The van der Waals surface area contributed by atoms with Crippen molar-refractivity contribution in [3.05, 3.63) is 66.0 Å². The number of carboxylic acid groups (broad SMARTS) is 1. The van der Waals surface area contributed by atoms with Crippen molar-refractivity contribution in [1.82, 2.24) is 25.0 Å². The van der Waals surface area contributed by atoms with Gasteiger partial charge in [-0.2, -0.15) is 0 Å². The maximum atomic E-state index is 11.3. The lowest BCUT2D eigenvalue weighted by molar-refractivity contribution is 0.0697. The molecule has 1 aliphatic heterocycles. The van der Waals surface area contributed by atoms with Crippen molar-refractivity contribution in [3.8, 4) is 11.1 Å². The highest BCUT2D eigenvalue weighted by atomic mass is 16.4. The third kappa shape index (κ3) is 3.79. The number of aromatic carboxylic acids is 1. The van der Waals surface area contributed by atoms with E-state index in [4.69, 9.17) is 0 Å². The van der Waals surface area contributed by atoms with E-state index in [9.17, 15) is 9.90 Å². The lowest BCUT2D eigenvalue weighted by Gasteiger charge is -2.32. The Labute approximate surface area is 185 Å². The van der Waals surface area contributed by atoms with Gasteiger partial charge in [0.1, 0.15) is 5.52 Å². The topological polar surface area (TPSA) is 97.0 Å². The van der Waals surface area contributed by atoms with Crippen LogP contribution in [-0.4, -0.2) is 49.1 Å². The second kappa shape index (κ2) is 8.37. The number of piperidine rings is 1. The van der Waals surface area contributed by atoms with Crippen molar-refractivity contribution < 1.29 is 9.90 Å². The summed E-state index contributed by atoms with van der Waals surface area (Å²) < 4.78 is 2.02. The molecule has 8 heteroatoms. The monoisotopic (exact) mass is 428 g/mol. The molecular weight excluding hydrogens is 404 g/mol. The third-order valence-corrected chi connectivity index (χ3v) is 6.11. The van der Waals surface area contributed by atoms with Gasteiger partial charge in [-0.3, -0.25) is 0 Å². The number of benzene rings is 2. The molecule has 1 saturated heterocycles. The highest BCUT2D eigenvalue weighted by Gasteiger charge is 2.24. The zero-order valence-corrected chi connectivity index (χ0v) is 17.8. The second-order valence-electron chi connectivity index (χ2n) is 8.09. The van der Waals surface area contributed by atoms with E-state index in [0.717, 1.165) is 66.0 Å². The summed E-state index contributed by atoms with van der Waals surface area (Å²) in [5, 5.41) is 18.1. The Balaban J connectivity index is 1.33. The van der Waals surface area contributed by atoms with Gasteiger partial charge in [-0.05, 0) is 60.2 Å². The highest BCUT2D eigenvalue weighted by molar-refractivity contribution is 5.90. The molecule has 0 amide bonds. The lowest BCUT2D eigenvalue weighted by Crippen LogP contribution is -2.36. The number of aryl methyl sites for hydroxylation is 1. The molecule has 1 N–H and O–H groups in total. The van der Waals surface area contributed by atoms with Crippen LogP contribution in [0.3, 0.4) is 0 Å². The van der Waals surface area contributed by atoms with Gasteiger partial charge in [0.25, 0.3) is 0 Å². The van der Waals surface area contributed by atoms with Gasteiger partial charge in [0, 0.05) is 25.5 Å². The van der Waals surface area contributed by atoms with Gasteiger partial charge in [0.15, 0.2) is 0 Å². The van der Waals surface area contributed by atoms with Gasteiger partial charge in [-0.1, -0.05) is 30.3 Å². The van der Waals surface area contributed by atoms with Crippen LogP contribution in [0.4, 0.5) is 5.95 Å². The van der Waals surface area contributed by atoms with Crippen LogP contribution in [0.1, 0.15) is 41.7 Å². The summed E-state index contributed by atoms with van der Waals surface area (Å²) in [5.74, 6) is -0.144. The summed E-state index contributed by atoms with van der Waals surface area (Å²) in [6, 6.07) is 13.2. The second-order valence-corrected chi connectivity index (χ2v) is 8.09. The van der Waals surface area contributed by atoms with Crippen LogP contribution in [0.2, 0.25) is 0 Å². The molecule has 0 bridgehead atoms. The first-order valence-corrected chi connectivity index (χ1v) is 10.9. The summed E-state index contributed by atoms with van der Waals surface area (Å²) in [5.41, 5.74) is 4.99. The first-order chi connectivity index (χ1) is 15.6. The van der Waals surface area contributed by atoms with E-state index < -0.39 is 5.97 Å². The summed E-state index contributed by atoms with van der Waals surface area (Å²) in [4.78, 5) is 22.5. The Morgan fingerprint density at radius 1 is 1.06 bits per heavy atom. The smallest absolute Gasteiger partial charge is 0.335 e. The SMILES string of the molecule is CCc1cnc(N2CCC(n3nnc4cc(-c5cccc(C(=O)O)c5)ccc43)CC2)nc1. The molecular formula is C24H24N6O2. The van der Waals surface area contributed by atoms with Gasteiger partial charge >= 0.3 is 5.97 Å². The largest absolute Gasteiger partial charge is 0.478 e. The van der Waals surface area contributed by atoms with Crippen LogP contribution >= 0.6 is 0 Å². The van der Waals surface area contributed by atoms with Gasteiger partial charge in [0.2, 0.25) is 5.95 Å². The van der Waals surface area contributed by atoms with Crippen LogP contribution < -0.4 is 4.90 Å². The van der Waals surface area contributed by atoms with Crippen LogP contribution in [-0.2, 0) is 6.42 Å². The molecule has 0 aliphatic carbocycles. The van der Waals surface area contributed by atoms with Crippen molar-refractivity contribution in [1.29, 1.82) is 0 Å². The molecule has 32 heavy (non-hydrogen) atoms. The predicted molar refractivity (Wildman–Crippen MR) is 122 cm³/mol. The molecule has 162 valence electrons. The molecule has 5 rings (SSSR count). The van der Waals surface area contributed by atoms with E-state index in [0.29, 0.717) is 0 Å². The van der Waals surface area contributed by atoms with Crippen molar-refractivity contribution in [2.75, 3.05) is 18.0 Å². The fourth-order valence-electron chi connectivity index (χ4n) is 4.23. The zero-order chi connectivity index (χ0) is 22.1. The van der Waals surface area contributed by atoms with Crippen molar-refractivity contribution in [2.45, 2.75) is 32.2 Å². The minimum absolute atomic E-state index is 0.270. The average molecular weight is 428 g/mol. The first kappa shape index (κ1) is 20.1. The number of carbonyl (C=O) groups is 1. The number of carboxylic acids is 1. The molecule has 0 radical (unpaired) electrons. The molecule has 0 atom stereocenters. The van der Waals surface area contributed by atoms with E-state index in [2.05, 4.69) is 32.1 Å². The Morgan fingerprint density at radius 3 is 2.53 bits per heavy atom. The van der Waals surface area contributed by atoms with Crippen LogP contribution in [0, 0.1) is 0 Å². The lowest BCUT2D eigenvalue weighted by atomic mass is 10.0. The normalized spacial score (nSPS) is 14.7. The van der Waals surface area contributed by atoms with E-state index in [1.807, 2.05) is 41.3 Å². The zero-order valence-electron chi connectivity index (χ0n) is 17.8. The number of hydrogen-bond donors (Lipinski definition) is 1. The molecule has 1 fully saturated rings. The number of rotatable bonds is 5. The maximum absolute atomic E-state index is 11.3. The summed E-state index contributed by atoms with van der Waals surface area (Å²) in [6.07, 6.45) is 6.64. The van der Waals surface area contributed by atoms with Gasteiger partial charge in [-0.15, -0.1) is 5.10 Å². The standard InChI is InChI=1S/C24H24N6O2/c1-2-16-14-25-24(26-15-16)29-10-8-20(9-11-29)30-22-7-6-18(13-21(22)27-28-30)17-4-3-5-19(12-17)23(31)32/h3-7,12-15,20H,2,8-11H2,1H3,(H,31,32). The third-order valence-electron chi connectivity index (χ3n) is 6.11. The van der Waals surface area contributed by atoms with Gasteiger partial charge < -0.3 is 10.0 Å². The predicted octanol–water partition coefficient (Wildman–Crippen LogP) is 3.99. The van der Waals surface area contributed by atoms with Gasteiger partial charge in [-0.25, -0.2) is 19.4 Å². The first-order valence-electron chi connectivity index (χ1n) is 10.9. The number of anilines is 1. The summed E-state index contributed by atoms with van der Waals surface area (Å²) in [7, 11) is 0. The molecule has 2 aromatic heterocycles. The van der Waals surface area contributed by atoms with Crippen LogP contribution in [0.15, 0.2) is 54.9 Å². The number of hydrogen-bond acceptors (Lipinski definition) is 6. The Kier molecular flexibility index (Phi) is 5.26. The van der Waals surface area contributed by atoms with Crippen molar-refractivity contribution in [3.63, 3.8) is 0 Å². The summed E-state index contributed by atoms with van der Waals surface area (Å²) in [6.45, 7) is 3.84. The molecule has 3 heterocycles. The average Bonchev–Trinajstić information content (AvgIpc) is 3.27. The van der Waals surface area contributed by atoms with E-state index in [1.165, 1.54) is 0 Å². The van der Waals surface area contributed by atoms with Crippen LogP contribution in [0.5, 0.6) is 0 Å². The Morgan fingerprint density at radius 2 is 1.81 bits per heavy atom. The maximum Gasteiger partial charge on any atom is 0.335 e.